The molecule has 30 heavy (non-hydrogen) atoms. The van der Waals surface area contributed by atoms with Gasteiger partial charge in [-0.05, 0) is 42.0 Å². The van der Waals surface area contributed by atoms with Crippen molar-refractivity contribution in [3.05, 3.63) is 58.5 Å². The number of nitriles is 1. The molecule has 5 nitrogen and oxygen atoms in total. The summed E-state index contributed by atoms with van der Waals surface area (Å²) >= 11 is 6.21. The van der Waals surface area contributed by atoms with Crippen molar-refractivity contribution in [2.24, 2.45) is 0 Å². The molecule has 0 radical (unpaired) electrons. The number of anilines is 1. The Balaban J connectivity index is 1.90. The number of nitrogens with zero attached hydrogens (tertiary/aromatic N) is 2. The Labute approximate surface area is 179 Å². The molecule has 0 spiro atoms. The molecule has 1 saturated heterocycles. The number of benzene rings is 2. The highest BCUT2D eigenvalue weighted by Gasteiger charge is 2.36. The molecule has 0 atom stereocenters. The van der Waals surface area contributed by atoms with Crippen LogP contribution in [-0.2, 0) is 11.0 Å². The summed E-state index contributed by atoms with van der Waals surface area (Å²) in [5, 5.41) is 8.63. The van der Waals surface area contributed by atoms with Crippen LogP contribution < -0.4 is 14.4 Å². The average Bonchev–Trinajstić information content (AvgIpc) is 2.99. The van der Waals surface area contributed by atoms with E-state index < -0.39 is 17.6 Å². The molecule has 0 saturated carbocycles. The highest BCUT2D eigenvalue weighted by atomic mass is 32.2. The fraction of sp³-hybridized carbons (Fsp3) is 0.150. The summed E-state index contributed by atoms with van der Waals surface area (Å²) in [6.45, 7) is -0.147. The van der Waals surface area contributed by atoms with Crippen LogP contribution in [-0.4, -0.2) is 23.9 Å². The van der Waals surface area contributed by atoms with E-state index in [-0.39, 0.29) is 21.5 Å². The summed E-state index contributed by atoms with van der Waals surface area (Å²) in [4.78, 5) is 14.1. The topological polar surface area (TPSA) is 62.6 Å². The van der Waals surface area contributed by atoms with Crippen molar-refractivity contribution in [1.29, 1.82) is 5.26 Å². The third-order valence-electron chi connectivity index (χ3n) is 4.00. The lowest BCUT2D eigenvalue weighted by molar-refractivity contribution is -0.137. The summed E-state index contributed by atoms with van der Waals surface area (Å²) in [6, 6.07) is 11.2. The zero-order chi connectivity index (χ0) is 21.9. The smallest absolute Gasteiger partial charge is 0.416 e. The molecule has 1 amide bonds. The lowest BCUT2D eigenvalue weighted by atomic mass is 10.1. The molecule has 0 aromatic heterocycles. The minimum Gasteiger partial charge on any atom is -0.493 e. The van der Waals surface area contributed by atoms with Crippen LogP contribution in [0.25, 0.3) is 6.08 Å². The molecular weight excluding hydrogens is 437 g/mol. The Morgan fingerprint density at radius 2 is 2.00 bits per heavy atom. The van der Waals surface area contributed by atoms with Crippen molar-refractivity contribution in [1.82, 2.24) is 0 Å². The van der Waals surface area contributed by atoms with Crippen LogP contribution in [0.3, 0.4) is 0 Å². The minimum atomic E-state index is -4.53. The molecule has 10 heteroatoms. The van der Waals surface area contributed by atoms with Crippen LogP contribution in [0.15, 0.2) is 47.4 Å². The number of rotatable bonds is 5. The highest BCUT2D eigenvalue weighted by molar-refractivity contribution is 8.27. The van der Waals surface area contributed by atoms with Crippen molar-refractivity contribution < 1.29 is 27.4 Å². The fourth-order valence-corrected chi connectivity index (χ4v) is 3.97. The number of carbonyl (C=O) groups excluding carboxylic acids is 1. The number of halogens is 3. The quantitative estimate of drug-likeness (QED) is 0.471. The van der Waals surface area contributed by atoms with E-state index in [9.17, 15) is 18.0 Å². The van der Waals surface area contributed by atoms with Crippen molar-refractivity contribution in [3.63, 3.8) is 0 Å². The van der Waals surface area contributed by atoms with E-state index in [1.807, 2.05) is 6.07 Å². The molecule has 0 unspecified atom stereocenters. The van der Waals surface area contributed by atoms with E-state index in [0.29, 0.717) is 17.1 Å². The minimum absolute atomic E-state index is 0.0496. The molecule has 1 heterocycles. The first-order chi connectivity index (χ1) is 14.2. The molecule has 1 fully saturated rings. The van der Waals surface area contributed by atoms with E-state index in [1.54, 1.807) is 24.3 Å². The van der Waals surface area contributed by atoms with Crippen molar-refractivity contribution in [3.8, 4) is 17.6 Å². The number of thioether (sulfide) groups is 1. The van der Waals surface area contributed by atoms with Crippen LogP contribution >= 0.6 is 24.0 Å². The Bertz CT molecular complexity index is 1080. The summed E-state index contributed by atoms with van der Waals surface area (Å²) in [5.41, 5.74) is -0.218. The average molecular weight is 450 g/mol. The lowest BCUT2D eigenvalue weighted by Crippen LogP contribution is -2.27. The Morgan fingerprint density at radius 1 is 1.23 bits per heavy atom. The fourth-order valence-electron chi connectivity index (χ4n) is 2.67. The number of carbonyl (C=O) groups is 1. The highest BCUT2D eigenvalue weighted by Crippen LogP contribution is 2.39. The first-order valence-electron chi connectivity index (χ1n) is 8.37. The zero-order valence-corrected chi connectivity index (χ0v) is 17.0. The molecule has 0 bridgehead atoms. The van der Waals surface area contributed by atoms with Gasteiger partial charge < -0.3 is 9.47 Å². The van der Waals surface area contributed by atoms with Crippen LogP contribution in [0.2, 0.25) is 0 Å². The third-order valence-corrected chi connectivity index (χ3v) is 5.31. The van der Waals surface area contributed by atoms with E-state index in [2.05, 4.69) is 0 Å². The second kappa shape index (κ2) is 8.77. The molecule has 2 aromatic rings. The monoisotopic (exact) mass is 450 g/mol. The van der Waals surface area contributed by atoms with Crippen molar-refractivity contribution in [2.75, 3.05) is 18.6 Å². The molecule has 1 aliphatic rings. The molecular formula is C20H13F3N2O3S2. The number of hydrogen-bond donors (Lipinski definition) is 0. The molecule has 2 aromatic carbocycles. The van der Waals surface area contributed by atoms with Crippen LogP contribution in [0, 0.1) is 11.3 Å². The van der Waals surface area contributed by atoms with Crippen LogP contribution in [0.1, 0.15) is 11.1 Å². The number of thiocarbonyl (C=S) groups is 1. The summed E-state index contributed by atoms with van der Waals surface area (Å²) < 4.78 is 49.6. The number of amides is 1. The maximum atomic E-state index is 13.0. The van der Waals surface area contributed by atoms with E-state index in [0.717, 1.165) is 28.8 Å². The van der Waals surface area contributed by atoms with Gasteiger partial charge >= 0.3 is 6.18 Å². The largest absolute Gasteiger partial charge is 0.493 e. The van der Waals surface area contributed by atoms with E-state index in [1.165, 1.54) is 19.2 Å². The normalized spacial score (nSPS) is 15.4. The van der Waals surface area contributed by atoms with Gasteiger partial charge in [0, 0.05) is 0 Å². The third kappa shape index (κ3) is 4.58. The van der Waals surface area contributed by atoms with Crippen LogP contribution in [0.5, 0.6) is 11.5 Å². The van der Waals surface area contributed by atoms with Gasteiger partial charge in [-0.15, -0.1) is 0 Å². The Hall–Kier alpha value is -3.03. The summed E-state index contributed by atoms with van der Waals surface area (Å²) in [7, 11) is 1.44. The molecule has 3 rings (SSSR count). The Morgan fingerprint density at radius 3 is 2.67 bits per heavy atom. The molecule has 1 aliphatic heterocycles. The summed E-state index contributed by atoms with van der Waals surface area (Å²) in [6.07, 6.45) is -2.97. The van der Waals surface area contributed by atoms with Crippen molar-refractivity contribution >= 4 is 46.0 Å². The van der Waals surface area contributed by atoms with Gasteiger partial charge in [-0.3, -0.25) is 9.69 Å². The van der Waals surface area contributed by atoms with E-state index >= 15 is 0 Å². The standard InChI is InChI=1S/C20H13F3N2O3S2/c1-27-16-9-12(5-6-15(16)28-8-7-24)10-17-18(26)25(19(29)30-17)14-4-2-3-13(11-14)20(21,22)23/h2-6,9-11H,8H2,1H3/b17-10+. The van der Waals surface area contributed by atoms with E-state index in [4.69, 9.17) is 27.0 Å². The number of ether oxygens (including phenoxy) is 2. The Kier molecular flexibility index (Phi) is 6.34. The van der Waals surface area contributed by atoms with Crippen molar-refractivity contribution in [2.45, 2.75) is 6.18 Å². The predicted molar refractivity (Wildman–Crippen MR) is 111 cm³/mol. The van der Waals surface area contributed by atoms with Gasteiger partial charge in [0.15, 0.2) is 22.4 Å². The first-order valence-corrected chi connectivity index (χ1v) is 9.60. The lowest BCUT2D eigenvalue weighted by Gasteiger charge is -2.16. The number of methoxy groups -OCH3 is 1. The SMILES string of the molecule is COc1cc(/C=C2/SC(=S)N(c3cccc(C(F)(F)F)c3)C2=O)ccc1OCC#N. The zero-order valence-electron chi connectivity index (χ0n) is 15.4. The van der Waals surface area contributed by atoms with Gasteiger partial charge in [0.1, 0.15) is 6.07 Å². The number of hydrogen-bond acceptors (Lipinski definition) is 6. The predicted octanol–water partition coefficient (Wildman–Crippen LogP) is 5.02. The maximum Gasteiger partial charge on any atom is 0.416 e. The number of alkyl halides is 3. The van der Waals surface area contributed by atoms with Crippen LogP contribution in [0.4, 0.5) is 18.9 Å². The second-order valence-corrected chi connectivity index (χ2v) is 7.60. The van der Waals surface area contributed by atoms with Gasteiger partial charge in [-0.25, -0.2) is 0 Å². The van der Waals surface area contributed by atoms with Gasteiger partial charge in [0.05, 0.1) is 23.3 Å². The van der Waals surface area contributed by atoms with Gasteiger partial charge in [-0.2, -0.15) is 18.4 Å². The van der Waals surface area contributed by atoms with Gasteiger partial charge in [0.25, 0.3) is 5.91 Å². The van der Waals surface area contributed by atoms with Gasteiger partial charge in [0.2, 0.25) is 0 Å². The molecule has 0 aliphatic carbocycles. The second-order valence-electron chi connectivity index (χ2n) is 5.92. The van der Waals surface area contributed by atoms with Gasteiger partial charge in [-0.1, -0.05) is 36.1 Å². The first kappa shape index (κ1) is 21.7. The summed E-state index contributed by atoms with van der Waals surface area (Å²) in [5.74, 6) is 0.216. The maximum absolute atomic E-state index is 13.0. The molecule has 0 N–H and O–H groups in total. The molecule has 154 valence electrons.